The SMILES string of the molecule is Fc1ccc(Cc2ccc(OCCCCl)cc2)cc1. The van der Waals surface area contributed by atoms with Crippen LogP contribution in [0.5, 0.6) is 5.75 Å². The van der Waals surface area contributed by atoms with Crippen LogP contribution >= 0.6 is 11.6 Å². The molecule has 0 fully saturated rings. The summed E-state index contributed by atoms with van der Waals surface area (Å²) in [5, 5.41) is 0. The minimum atomic E-state index is -0.202. The van der Waals surface area contributed by atoms with Gasteiger partial charge in [0.05, 0.1) is 6.61 Å². The van der Waals surface area contributed by atoms with Crippen molar-refractivity contribution in [2.75, 3.05) is 12.5 Å². The Morgan fingerprint density at radius 3 is 2.05 bits per heavy atom. The van der Waals surface area contributed by atoms with Gasteiger partial charge in [-0.15, -0.1) is 11.6 Å². The number of ether oxygens (including phenoxy) is 1. The predicted octanol–water partition coefficient (Wildman–Crippen LogP) is 4.42. The van der Waals surface area contributed by atoms with Crippen LogP contribution in [0.3, 0.4) is 0 Å². The zero-order valence-electron chi connectivity index (χ0n) is 10.6. The number of benzene rings is 2. The summed E-state index contributed by atoms with van der Waals surface area (Å²) in [7, 11) is 0. The largest absolute Gasteiger partial charge is 0.494 e. The standard InChI is InChI=1S/C16H16ClFO/c17-10-1-11-19-16-8-4-14(5-9-16)12-13-2-6-15(18)7-3-13/h2-9H,1,10-12H2. The van der Waals surface area contributed by atoms with Gasteiger partial charge in [0.1, 0.15) is 11.6 Å². The van der Waals surface area contributed by atoms with Crippen molar-refractivity contribution in [1.29, 1.82) is 0 Å². The van der Waals surface area contributed by atoms with E-state index in [1.807, 2.05) is 24.3 Å². The predicted molar refractivity (Wildman–Crippen MR) is 76.5 cm³/mol. The molecule has 0 bridgehead atoms. The molecule has 0 aromatic heterocycles. The molecule has 2 aromatic rings. The molecule has 0 radical (unpaired) electrons. The second kappa shape index (κ2) is 7.15. The normalized spacial score (nSPS) is 10.4. The minimum Gasteiger partial charge on any atom is -0.494 e. The van der Waals surface area contributed by atoms with Gasteiger partial charge in [-0.3, -0.25) is 0 Å². The van der Waals surface area contributed by atoms with E-state index in [2.05, 4.69) is 0 Å². The zero-order chi connectivity index (χ0) is 13.5. The van der Waals surface area contributed by atoms with Crippen LogP contribution in [-0.2, 0) is 6.42 Å². The highest BCUT2D eigenvalue weighted by Gasteiger charge is 1.98. The van der Waals surface area contributed by atoms with Gasteiger partial charge >= 0.3 is 0 Å². The smallest absolute Gasteiger partial charge is 0.123 e. The third kappa shape index (κ3) is 4.56. The average molecular weight is 279 g/mol. The van der Waals surface area contributed by atoms with Gasteiger partial charge in [-0.05, 0) is 48.2 Å². The van der Waals surface area contributed by atoms with E-state index >= 15 is 0 Å². The Balaban J connectivity index is 1.92. The van der Waals surface area contributed by atoms with Crippen molar-refractivity contribution in [3.05, 3.63) is 65.5 Å². The summed E-state index contributed by atoms with van der Waals surface area (Å²) >= 11 is 5.59. The first-order valence-corrected chi connectivity index (χ1v) is 6.83. The maximum Gasteiger partial charge on any atom is 0.123 e. The summed E-state index contributed by atoms with van der Waals surface area (Å²) in [6, 6.07) is 14.5. The van der Waals surface area contributed by atoms with Crippen LogP contribution in [-0.4, -0.2) is 12.5 Å². The van der Waals surface area contributed by atoms with Crippen LogP contribution in [0.4, 0.5) is 4.39 Å². The Labute approximate surface area is 118 Å². The number of alkyl halides is 1. The monoisotopic (exact) mass is 278 g/mol. The Morgan fingerprint density at radius 2 is 1.47 bits per heavy atom. The lowest BCUT2D eigenvalue weighted by Gasteiger charge is -2.06. The number of hydrogen-bond donors (Lipinski definition) is 0. The van der Waals surface area contributed by atoms with Crippen LogP contribution in [0.25, 0.3) is 0 Å². The summed E-state index contributed by atoms with van der Waals surface area (Å²) in [5.41, 5.74) is 2.27. The van der Waals surface area contributed by atoms with E-state index in [1.54, 1.807) is 12.1 Å². The van der Waals surface area contributed by atoms with E-state index in [9.17, 15) is 4.39 Å². The minimum absolute atomic E-state index is 0.202. The lowest BCUT2D eigenvalue weighted by Crippen LogP contribution is -1.97. The lowest BCUT2D eigenvalue weighted by atomic mass is 10.1. The highest BCUT2D eigenvalue weighted by atomic mass is 35.5. The summed E-state index contributed by atoms with van der Waals surface area (Å²) in [6.45, 7) is 0.640. The molecule has 0 saturated heterocycles. The van der Waals surface area contributed by atoms with Gasteiger partial charge in [-0.1, -0.05) is 24.3 Å². The van der Waals surface area contributed by atoms with Gasteiger partial charge in [0.2, 0.25) is 0 Å². The van der Waals surface area contributed by atoms with E-state index in [4.69, 9.17) is 16.3 Å². The molecule has 2 rings (SSSR count). The molecule has 3 heteroatoms. The summed E-state index contributed by atoms with van der Waals surface area (Å²) in [4.78, 5) is 0. The quantitative estimate of drug-likeness (QED) is 0.561. The summed E-state index contributed by atoms with van der Waals surface area (Å²) in [5.74, 6) is 1.27. The van der Waals surface area contributed by atoms with Gasteiger partial charge in [0.15, 0.2) is 0 Å². The van der Waals surface area contributed by atoms with Crippen LogP contribution in [0.15, 0.2) is 48.5 Å². The van der Waals surface area contributed by atoms with Crippen molar-refractivity contribution < 1.29 is 9.13 Å². The zero-order valence-corrected chi connectivity index (χ0v) is 11.4. The Morgan fingerprint density at radius 1 is 0.895 bits per heavy atom. The first-order valence-electron chi connectivity index (χ1n) is 6.30. The molecule has 0 aliphatic carbocycles. The maximum absolute atomic E-state index is 12.8. The molecule has 0 aliphatic rings. The van der Waals surface area contributed by atoms with Gasteiger partial charge in [0.25, 0.3) is 0 Å². The molecule has 0 atom stereocenters. The molecule has 0 heterocycles. The Kier molecular flexibility index (Phi) is 5.22. The van der Waals surface area contributed by atoms with Crippen molar-refractivity contribution in [1.82, 2.24) is 0 Å². The van der Waals surface area contributed by atoms with Crippen molar-refractivity contribution in [2.45, 2.75) is 12.8 Å². The topological polar surface area (TPSA) is 9.23 Å². The highest BCUT2D eigenvalue weighted by molar-refractivity contribution is 6.17. The van der Waals surface area contributed by atoms with Crippen molar-refractivity contribution in [3.8, 4) is 5.75 Å². The molecule has 0 aliphatic heterocycles. The fraction of sp³-hybridized carbons (Fsp3) is 0.250. The van der Waals surface area contributed by atoms with Gasteiger partial charge in [0, 0.05) is 5.88 Å². The van der Waals surface area contributed by atoms with Crippen LogP contribution < -0.4 is 4.74 Å². The first kappa shape index (κ1) is 13.9. The lowest BCUT2D eigenvalue weighted by molar-refractivity contribution is 0.318. The summed E-state index contributed by atoms with van der Waals surface area (Å²) in [6.07, 6.45) is 1.64. The highest BCUT2D eigenvalue weighted by Crippen LogP contribution is 2.16. The third-order valence-electron chi connectivity index (χ3n) is 2.79. The molecule has 100 valence electrons. The summed E-state index contributed by atoms with van der Waals surface area (Å²) < 4.78 is 18.3. The van der Waals surface area contributed by atoms with E-state index in [1.165, 1.54) is 17.7 Å². The van der Waals surface area contributed by atoms with Gasteiger partial charge in [-0.25, -0.2) is 4.39 Å². The second-order valence-corrected chi connectivity index (χ2v) is 4.72. The second-order valence-electron chi connectivity index (χ2n) is 4.34. The molecule has 0 spiro atoms. The Hall–Kier alpha value is -1.54. The molecule has 0 amide bonds. The van der Waals surface area contributed by atoms with E-state index in [0.717, 1.165) is 24.2 Å². The first-order chi connectivity index (χ1) is 9.28. The van der Waals surface area contributed by atoms with E-state index < -0.39 is 0 Å². The van der Waals surface area contributed by atoms with Crippen molar-refractivity contribution >= 4 is 11.6 Å². The van der Waals surface area contributed by atoms with Crippen LogP contribution in [0.2, 0.25) is 0 Å². The van der Waals surface area contributed by atoms with E-state index in [-0.39, 0.29) is 5.82 Å². The van der Waals surface area contributed by atoms with Crippen molar-refractivity contribution in [3.63, 3.8) is 0 Å². The maximum atomic E-state index is 12.8. The number of halogens is 2. The molecule has 19 heavy (non-hydrogen) atoms. The molecular formula is C16H16ClFO. The van der Waals surface area contributed by atoms with Gasteiger partial charge < -0.3 is 4.74 Å². The van der Waals surface area contributed by atoms with Crippen molar-refractivity contribution in [2.24, 2.45) is 0 Å². The molecule has 0 N–H and O–H groups in total. The number of hydrogen-bond acceptors (Lipinski definition) is 1. The third-order valence-corrected chi connectivity index (χ3v) is 3.06. The van der Waals surface area contributed by atoms with Gasteiger partial charge in [-0.2, -0.15) is 0 Å². The molecule has 2 aromatic carbocycles. The molecule has 0 saturated carbocycles. The van der Waals surface area contributed by atoms with Crippen LogP contribution in [0, 0.1) is 5.82 Å². The fourth-order valence-electron chi connectivity index (χ4n) is 1.79. The molecule has 1 nitrogen and oxygen atoms in total. The van der Waals surface area contributed by atoms with Crippen LogP contribution in [0.1, 0.15) is 17.5 Å². The Bertz CT molecular complexity index is 493. The number of rotatable bonds is 6. The van der Waals surface area contributed by atoms with E-state index in [0.29, 0.717) is 12.5 Å². The molecule has 0 unspecified atom stereocenters. The fourth-order valence-corrected chi connectivity index (χ4v) is 1.90. The molecular weight excluding hydrogens is 263 g/mol. The average Bonchev–Trinajstić information content (AvgIpc) is 2.44.